The molecule has 0 bridgehead atoms. The zero-order valence-corrected chi connectivity index (χ0v) is 11.1. The molecule has 0 spiro atoms. The maximum atomic E-state index is 13.0. The maximum absolute atomic E-state index is 13.0. The Morgan fingerprint density at radius 2 is 2.10 bits per heavy atom. The van der Waals surface area contributed by atoms with Gasteiger partial charge in [-0.2, -0.15) is 5.26 Å². The molecule has 0 N–H and O–H groups in total. The van der Waals surface area contributed by atoms with Crippen LogP contribution in [0, 0.1) is 17.1 Å². The van der Waals surface area contributed by atoms with Crippen LogP contribution in [0.4, 0.5) is 10.1 Å². The number of hydrogen-bond acceptors (Lipinski definition) is 3. The van der Waals surface area contributed by atoms with Crippen LogP contribution in [0.15, 0.2) is 42.6 Å². The molecule has 2 aromatic rings. The van der Waals surface area contributed by atoms with E-state index in [9.17, 15) is 9.65 Å². The lowest BCUT2D eigenvalue weighted by Crippen LogP contribution is -2.26. The van der Waals surface area contributed by atoms with E-state index in [1.165, 1.54) is 12.1 Å². The Bertz CT molecular complexity index is 660. The van der Waals surface area contributed by atoms with Gasteiger partial charge in [-0.05, 0) is 29.8 Å². The van der Waals surface area contributed by atoms with Crippen LogP contribution in [0.1, 0.15) is 30.1 Å². The minimum absolute atomic E-state index is 0.290. The van der Waals surface area contributed by atoms with Gasteiger partial charge >= 0.3 is 0 Å². The van der Waals surface area contributed by atoms with Crippen LogP contribution in [0.2, 0.25) is 0 Å². The topological polar surface area (TPSA) is 39.9 Å². The number of fused-ring (bicyclic) bond motifs is 1. The van der Waals surface area contributed by atoms with E-state index in [-0.39, 0.29) is 5.82 Å². The lowest BCUT2D eigenvalue weighted by atomic mass is 10.1. The van der Waals surface area contributed by atoms with E-state index in [0.717, 1.165) is 23.5 Å². The molecule has 3 nitrogen and oxygen atoms in total. The van der Waals surface area contributed by atoms with E-state index in [1.54, 1.807) is 18.3 Å². The molecule has 2 heterocycles. The first-order chi connectivity index (χ1) is 9.70. The largest absolute Gasteiger partial charge is 0.350 e. The molecule has 0 fully saturated rings. The standard InChI is InChI=1S/C16H14FN3/c1-11-10-20(14-3-2-8-19-16(11)14)15(9-18)12-4-6-13(17)7-5-12/h2-8,11,15H,10H2,1H3. The molecule has 2 unspecified atom stereocenters. The zero-order chi connectivity index (χ0) is 14.1. The van der Waals surface area contributed by atoms with Gasteiger partial charge in [-0.1, -0.05) is 19.1 Å². The lowest BCUT2D eigenvalue weighted by Gasteiger charge is -2.25. The van der Waals surface area contributed by atoms with Crippen molar-refractivity contribution in [1.29, 1.82) is 5.26 Å². The van der Waals surface area contributed by atoms with Crippen LogP contribution in [0.5, 0.6) is 0 Å². The van der Waals surface area contributed by atoms with Crippen LogP contribution < -0.4 is 4.90 Å². The van der Waals surface area contributed by atoms with Crippen molar-refractivity contribution in [3.63, 3.8) is 0 Å². The van der Waals surface area contributed by atoms with Crippen molar-refractivity contribution < 1.29 is 4.39 Å². The predicted molar refractivity (Wildman–Crippen MR) is 74.8 cm³/mol. The molecular formula is C16H14FN3. The van der Waals surface area contributed by atoms with Crippen molar-refractivity contribution in [2.24, 2.45) is 0 Å². The van der Waals surface area contributed by atoms with Crippen LogP contribution in [0.3, 0.4) is 0 Å². The summed E-state index contributed by atoms with van der Waals surface area (Å²) in [5, 5.41) is 9.52. The Morgan fingerprint density at radius 3 is 2.80 bits per heavy atom. The summed E-state index contributed by atoms with van der Waals surface area (Å²) >= 11 is 0. The SMILES string of the molecule is CC1CN(C(C#N)c2ccc(F)cc2)c2cccnc21. The van der Waals surface area contributed by atoms with Crippen molar-refractivity contribution in [2.45, 2.75) is 18.9 Å². The van der Waals surface area contributed by atoms with Crippen LogP contribution in [-0.2, 0) is 0 Å². The number of pyridine rings is 1. The molecule has 4 heteroatoms. The highest BCUT2D eigenvalue weighted by atomic mass is 19.1. The number of aromatic nitrogens is 1. The highest BCUT2D eigenvalue weighted by molar-refractivity contribution is 5.59. The summed E-state index contributed by atoms with van der Waals surface area (Å²) in [5.74, 6) is 0.00444. The number of anilines is 1. The van der Waals surface area contributed by atoms with Crippen LogP contribution in [0.25, 0.3) is 0 Å². The molecule has 2 atom stereocenters. The smallest absolute Gasteiger partial charge is 0.142 e. The molecule has 20 heavy (non-hydrogen) atoms. The van der Waals surface area contributed by atoms with E-state index in [0.29, 0.717) is 5.92 Å². The van der Waals surface area contributed by atoms with Crippen molar-refractivity contribution in [3.05, 3.63) is 59.7 Å². The summed E-state index contributed by atoms with van der Waals surface area (Å²) in [6, 6.07) is 11.9. The third-order valence-electron chi connectivity index (χ3n) is 3.68. The molecule has 0 aliphatic carbocycles. The van der Waals surface area contributed by atoms with Gasteiger partial charge in [0, 0.05) is 18.7 Å². The van der Waals surface area contributed by atoms with Gasteiger partial charge in [0.15, 0.2) is 0 Å². The fourth-order valence-electron chi connectivity index (χ4n) is 2.73. The first kappa shape index (κ1) is 12.6. The Morgan fingerprint density at radius 1 is 1.35 bits per heavy atom. The van der Waals surface area contributed by atoms with Crippen molar-refractivity contribution in [3.8, 4) is 6.07 Å². The molecule has 0 amide bonds. The molecule has 1 aliphatic heterocycles. The number of benzene rings is 1. The van der Waals surface area contributed by atoms with Crippen LogP contribution >= 0.6 is 0 Å². The third-order valence-corrected chi connectivity index (χ3v) is 3.68. The summed E-state index contributed by atoms with van der Waals surface area (Å²) in [5.41, 5.74) is 2.82. The summed E-state index contributed by atoms with van der Waals surface area (Å²) in [6.07, 6.45) is 1.78. The minimum Gasteiger partial charge on any atom is -0.350 e. The van der Waals surface area contributed by atoms with Gasteiger partial charge in [0.25, 0.3) is 0 Å². The molecule has 100 valence electrons. The van der Waals surface area contributed by atoms with Gasteiger partial charge in [-0.15, -0.1) is 0 Å². The van der Waals surface area contributed by atoms with Crippen LogP contribution in [-0.4, -0.2) is 11.5 Å². The molecular weight excluding hydrogens is 253 g/mol. The number of nitrogens with zero attached hydrogens (tertiary/aromatic N) is 3. The van der Waals surface area contributed by atoms with Gasteiger partial charge in [0.2, 0.25) is 0 Å². The average Bonchev–Trinajstić information content (AvgIpc) is 2.80. The van der Waals surface area contributed by atoms with E-state index in [4.69, 9.17) is 0 Å². The van der Waals surface area contributed by atoms with E-state index in [1.807, 2.05) is 17.0 Å². The second-order valence-electron chi connectivity index (χ2n) is 5.04. The van der Waals surface area contributed by atoms with Gasteiger partial charge in [0.1, 0.15) is 11.9 Å². The molecule has 0 saturated heterocycles. The van der Waals surface area contributed by atoms with Gasteiger partial charge in [-0.3, -0.25) is 4.98 Å². The monoisotopic (exact) mass is 267 g/mol. The lowest BCUT2D eigenvalue weighted by molar-refractivity contribution is 0.625. The highest BCUT2D eigenvalue weighted by Crippen LogP contribution is 2.39. The number of rotatable bonds is 2. The third kappa shape index (κ3) is 2.01. The van der Waals surface area contributed by atoms with Gasteiger partial charge < -0.3 is 4.90 Å². The summed E-state index contributed by atoms with van der Waals surface area (Å²) in [6.45, 7) is 2.85. The molecule has 1 aromatic heterocycles. The highest BCUT2D eigenvalue weighted by Gasteiger charge is 2.32. The fourth-order valence-corrected chi connectivity index (χ4v) is 2.73. The Balaban J connectivity index is 2.00. The molecule has 0 saturated carbocycles. The molecule has 1 aromatic carbocycles. The van der Waals surface area contributed by atoms with Gasteiger partial charge in [0.05, 0.1) is 17.5 Å². The number of nitriles is 1. The van der Waals surface area contributed by atoms with E-state index in [2.05, 4.69) is 18.0 Å². The predicted octanol–water partition coefficient (Wildman–Crippen LogP) is 3.41. The summed E-state index contributed by atoms with van der Waals surface area (Å²) in [7, 11) is 0. The van der Waals surface area contributed by atoms with Crippen molar-refractivity contribution in [2.75, 3.05) is 11.4 Å². The van der Waals surface area contributed by atoms with Gasteiger partial charge in [-0.25, -0.2) is 4.39 Å². The summed E-state index contributed by atoms with van der Waals surface area (Å²) < 4.78 is 13.0. The number of halogens is 1. The quantitative estimate of drug-likeness (QED) is 0.837. The molecule has 0 radical (unpaired) electrons. The Hall–Kier alpha value is -2.41. The Kier molecular flexibility index (Phi) is 3.11. The maximum Gasteiger partial charge on any atom is 0.142 e. The normalized spacial score (nSPS) is 18.4. The van der Waals surface area contributed by atoms with Crippen molar-refractivity contribution in [1.82, 2.24) is 4.98 Å². The second-order valence-corrected chi connectivity index (χ2v) is 5.04. The minimum atomic E-state index is -0.413. The molecule has 3 rings (SSSR count). The number of hydrogen-bond donors (Lipinski definition) is 0. The van der Waals surface area contributed by atoms with E-state index < -0.39 is 6.04 Å². The first-order valence-electron chi connectivity index (χ1n) is 6.57. The van der Waals surface area contributed by atoms with Crippen molar-refractivity contribution >= 4 is 5.69 Å². The average molecular weight is 267 g/mol. The fraction of sp³-hybridized carbons (Fsp3) is 0.250. The zero-order valence-electron chi connectivity index (χ0n) is 11.1. The Labute approximate surface area is 117 Å². The summed E-state index contributed by atoms with van der Waals surface area (Å²) in [4.78, 5) is 6.45. The molecule has 1 aliphatic rings. The second kappa shape index (κ2) is 4.93. The first-order valence-corrected chi connectivity index (χ1v) is 6.57. The van der Waals surface area contributed by atoms with E-state index >= 15 is 0 Å².